The summed E-state index contributed by atoms with van der Waals surface area (Å²) in [6.45, 7) is 1.90. The second-order valence-electron chi connectivity index (χ2n) is 4.58. The van der Waals surface area contributed by atoms with Crippen LogP contribution in [0.15, 0.2) is 24.3 Å². The first-order valence-corrected chi connectivity index (χ1v) is 7.31. The van der Waals surface area contributed by atoms with Crippen LogP contribution in [0, 0.1) is 6.92 Å². The van der Waals surface area contributed by atoms with E-state index in [-0.39, 0.29) is 5.92 Å². The molecule has 2 aromatic rings. The van der Waals surface area contributed by atoms with Crippen LogP contribution in [-0.2, 0) is 13.5 Å². The van der Waals surface area contributed by atoms with Gasteiger partial charge in [-0.15, -0.1) is 11.6 Å². The molecule has 1 unspecified atom stereocenters. The lowest BCUT2D eigenvalue weighted by atomic mass is 9.96. The standard InChI is InChI=1S/C14H15Cl3N2/c1-9-14(17)13(19(2)18-9)7-11(8-15)10-4-3-5-12(16)6-10/h3-6,11H,7-8H2,1-2H3. The Morgan fingerprint density at radius 2 is 2.05 bits per heavy atom. The SMILES string of the molecule is Cc1nn(C)c(CC(CCl)c2cccc(Cl)c2)c1Cl. The Morgan fingerprint density at radius 1 is 1.32 bits per heavy atom. The van der Waals surface area contributed by atoms with Crippen LogP contribution in [0.25, 0.3) is 0 Å². The number of alkyl halides is 1. The number of rotatable bonds is 4. The van der Waals surface area contributed by atoms with Crippen molar-refractivity contribution in [1.29, 1.82) is 0 Å². The van der Waals surface area contributed by atoms with Gasteiger partial charge in [0, 0.05) is 23.9 Å². The molecule has 0 spiro atoms. The Bertz CT molecular complexity index is 578. The average Bonchev–Trinajstić information content (AvgIpc) is 2.61. The highest BCUT2D eigenvalue weighted by molar-refractivity contribution is 6.32. The topological polar surface area (TPSA) is 17.8 Å². The van der Waals surface area contributed by atoms with Gasteiger partial charge >= 0.3 is 0 Å². The summed E-state index contributed by atoms with van der Waals surface area (Å²) in [5, 5.41) is 5.77. The zero-order valence-corrected chi connectivity index (χ0v) is 13.1. The summed E-state index contributed by atoms with van der Waals surface area (Å²) in [6.07, 6.45) is 0.750. The summed E-state index contributed by atoms with van der Waals surface area (Å²) in [5.41, 5.74) is 2.97. The van der Waals surface area contributed by atoms with Gasteiger partial charge in [-0.25, -0.2) is 0 Å². The van der Waals surface area contributed by atoms with E-state index in [1.165, 1.54) is 0 Å². The van der Waals surface area contributed by atoms with Crippen LogP contribution in [0.3, 0.4) is 0 Å². The smallest absolute Gasteiger partial charge is 0.0847 e. The van der Waals surface area contributed by atoms with E-state index in [9.17, 15) is 0 Å². The normalized spacial score (nSPS) is 12.7. The molecule has 19 heavy (non-hydrogen) atoms. The minimum atomic E-state index is 0.174. The highest BCUT2D eigenvalue weighted by atomic mass is 35.5. The van der Waals surface area contributed by atoms with Crippen LogP contribution in [0.2, 0.25) is 10.0 Å². The maximum atomic E-state index is 6.28. The summed E-state index contributed by atoms with van der Waals surface area (Å²) in [6, 6.07) is 7.78. The van der Waals surface area contributed by atoms with Gasteiger partial charge in [0.1, 0.15) is 0 Å². The van der Waals surface area contributed by atoms with Crippen molar-refractivity contribution in [1.82, 2.24) is 9.78 Å². The number of nitrogens with zero attached hydrogens (tertiary/aromatic N) is 2. The number of benzene rings is 1. The number of hydrogen-bond acceptors (Lipinski definition) is 1. The van der Waals surface area contributed by atoms with Crippen molar-refractivity contribution in [3.05, 3.63) is 51.3 Å². The van der Waals surface area contributed by atoms with Gasteiger partial charge in [-0.3, -0.25) is 4.68 Å². The minimum absolute atomic E-state index is 0.174. The van der Waals surface area contributed by atoms with E-state index in [2.05, 4.69) is 5.10 Å². The maximum absolute atomic E-state index is 6.28. The molecule has 1 aromatic carbocycles. The van der Waals surface area contributed by atoms with Crippen molar-refractivity contribution in [2.24, 2.45) is 7.05 Å². The molecule has 102 valence electrons. The van der Waals surface area contributed by atoms with Crippen LogP contribution in [0.5, 0.6) is 0 Å². The van der Waals surface area contributed by atoms with E-state index in [0.717, 1.165) is 33.4 Å². The lowest BCUT2D eigenvalue weighted by molar-refractivity contribution is 0.657. The van der Waals surface area contributed by atoms with Crippen LogP contribution < -0.4 is 0 Å². The first-order valence-electron chi connectivity index (χ1n) is 6.02. The van der Waals surface area contributed by atoms with Gasteiger partial charge < -0.3 is 0 Å². The summed E-state index contributed by atoms with van der Waals surface area (Å²) >= 11 is 18.4. The van der Waals surface area contributed by atoms with Gasteiger partial charge in [0.15, 0.2) is 0 Å². The molecule has 5 heteroatoms. The van der Waals surface area contributed by atoms with E-state index in [1.54, 1.807) is 0 Å². The monoisotopic (exact) mass is 316 g/mol. The van der Waals surface area contributed by atoms with E-state index < -0.39 is 0 Å². The number of hydrogen-bond donors (Lipinski definition) is 0. The molecule has 2 rings (SSSR count). The van der Waals surface area contributed by atoms with E-state index >= 15 is 0 Å². The molecule has 0 saturated heterocycles. The first kappa shape index (κ1) is 14.7. The van der Waals surface area contributed by atoms with Gasteiger partial charge in [0.2, 0.25) is 0 Å². The molecule has 1 atom stereocenters. The second kappa shape index (κ2) is 6.17. The molecule has 0 radical (unpaired) electrons. The van der Waals surface area contributed by atoms with Gasteiger partial charge in [0.05, 0.1) is 16.4 Å². The zero-order chi connectivity index (χ0) is 14.0. The molecule has 0 amide bonds. The fourth-order valence-electron chi connectivity index (χ4n) is 2.16. The van der Waals surface area contributed by atoms with Crippen LogP contribution >= 0.6 is 34.8 Å². The van der Waals surface area contributed by atoms with Crippen molar-refractivity contribution in [2.45, 2.75) is 19.3 Å². The largest absolute Gasteiger partial charge is 0.271 e. The predicted molar refractivity (Wildman–Crippen MR) is 81.6 cm³/mol. The Kier molecular flexibility index (Phi) is 4.77. The summed E-state index contributed by atoms with van der Waals surface area (Å²) in [5.74, 6) is 0.689. The molecule has 0 aliphatic rings. The summed E-state index contributed by atoms with van der Waals surface area (Å²) in [4.78, 5) is 0. The molecule has 0 aliphatic carbocycles. The van der Waals surface area contributed by atoms with Crippen LogP contribution in [-0.4, -0.2) is 15.7 Å². The van der Waals surface area contributed by atoms with Gasteiger partial charge in [0.25, 0.3) is 0 Å². The average molecular weight is 318 g/mol. The third kappa shape index (κ3) is 3.25. The molecule has 0 aliphatic heterocycles. The molecule has 0 fully saturated rings. The zero-order valence-electron chi connectivity index (χ0n) is 10.8. The Hall–Kier alpha value is -0.700. The molecular formula is C14H15Cl3N2. The van der Waals surface area contributed by atoms with Gasteiger partial charge in [-0.1, -0.05) is 35.3 Å². The molecule has 1 heterocycles. The quantitative estimate of drug-likeness (QED) is 0.754. The molecule has 1 aromatic heterocycles. The Morgan fingerprint density at radius 3 is 2.58 bits per heavy atom. The van der Waals surface area contributed by atoms with E-state index in [4.69, 9.17) is 34.8 Å². The highest BCUT2D eigenvalue weighted by Gasteiger charge is 2.18. The van der Waals surface area contributed by atoms with E-state index in [0.29, 0.717) is 5.88 Å². The van der Waals surface area contributed by atoms with Gasteiger partial charge in [-0.05, 0) is 31.0 Å². The van der Waals surface area contributed by atoms with Crippen molar-refractivity contribution in [3.8, 4) is 0 Å². The molecule has 0 bridgehead atoms. The van der Waals surface area contributed by atoms with Crippen molar-refractivity contribution >= 4 is 34.8 Å². The maximum Gasteiger partial charge on any atom is 0.0847 e. The predicted octanol–water partition coefficient (Wildman–Crippen LogP) is 4.60. The number of aromatic nitrogens is 2. The van der Waals surface area contributed by atoms with Crippen molar-refractivity contribution in [2.75, 3.05) is 5.88 Å². The molecule has 2 nitrogen and oxygen atoms in total. The third-order valence-electron chi connectivity index (χ3n) is 3.21. The first-order chi connectivity index (χ1) is 9.02. The summed E-state index contributed by atoms with van der Waals surface area (Å²) < 4.78 is 1.82. The molecule has 0 saturated carbocycles. The van der Waals surface area contributed by atoms with Crippen LogP contribution in [0.1, 0.15) is 22.9 Å². The molecular weight excluding hydrogens is 303 g/mol. The number of aryl methyl sites for hydroxylation is 2. The second-order valence-corrected chi connectivity index (χ2v) is 5.70. The fourth-order valence-corrected chi connectivity index (χ4v) is 2.88. The van der Waals surface area contributed by atoms with Gasteiger partial charge in [-0.2, -0.15) is 5.10 Å². The lowest BCUT2D eigenvalue weighted by Crippen LogP contribution is -2.09. The summed E-state index contributed by atoms with van der Waals surface area (Å²) in [7, 11) is 1.90. The Labute approximate surface area is 128 Å². The third-order valence-corrected chi connectivity index (χ3v) is 4.31. The Balaban J connectivity index is 2.29. The van der Waals surface area contributed by atoms with Crippen molar-refractivity contribution in [3.63, 3.8) is 0 Å². The highest BCUT2D eigenvalue weighted by Crippen LogP contribution is 2.28. The lowest BCUT2D eigenvalue weighted by Gasteiger charge is -2.15. The van der Waals surface area contributed by atoms with E-state index in [1.807, 2.05) is 42.9 Å². The van der Waals surface area contributed by atoms with Crippen molar-refractivity contribution < 1.29 is 0 Å². The minimum Gasteiger partial charge on any atom is -0.271 e. The molecule has 0 N–H and O–H groups in total. The fraction of sp³-hybridized carbons (Fsp3) is 0.357. The van der Waals surface area contributed by atoms with Crippen LogP contribution in [0.4, 0.5) is 0 Å². The number of halogens is 3.